The van der Waals surface area contributed by atoms with Gasteiger partial charge in [-0.1, -0.05) is 25.0 Å². The number of urea groups is 1. The summed E-state index contributed by atoms with van der Waals surface area (Å²) in [5, 5.41) is 5.65. The molecular weight excluding hydrogens is 212 g/mol. The SMILES string of the molecule is C#Cc1ccccc1NC(=O)NC(C)(C)CC. The fourth-order valence-corrected chi connectivity index (χ4v) is 1.27. The minimum atomic E-state index is -0.237. The summed E-state index contributed by atoms with van der Waals surface area (Å²) in [6.45, 7) is 5.97. The van der Waals surface area contributed by atoms with E-state index in [1.807, 2.05) is 32.9 Å². The molecule has 0 aliphatic rings. The molecule has 2 amide bonds. The molecule has 0 saturated heterocycles. The number of nitrogens with one attached hydrogen (secondary N) is 2. The third-order valence-corrected chi connectivity index (χ3v) is 2.67. The molecule has 0 bridgehead atoms. The summed E-state index contributed by atoms with van der Waals surface area (Å²) in [6, 6.07) is 7.02. The minimum absolute atomic E-state index is 0.227. The monoisotopic (exact) mass is 230 g/mol. The molecule has 0 spiro atoms. The van der Waals surface area contributed by atoms with Gasteiger partial charge >= 0.3 is 6.03 Å². The number of rotatable bonds is 3. The van der Waals surface area contributed by atoms with Crippen LogP contribution in [0.2, 0.25) is 0 Å². The van der Waals surface area contributed by atoms with E-state index in [-0.39, 0.29) is 11.6 Å². The first-order valence-electron chi connectivity index (χ1n) is 5.63. The van der Waals surface area contributed by atoms with Gasteiger partial charge in [-0.25, -0.2) is 4.79 Å². The van der Waals surface area contributed by atoms with Crippen LogP contribution in [0.15, 0.2) is 24.3 Å². The second kappa shape index (κ2) is 5.40. The van der Waals surface area contributed by atoms with Crippen LogP contribution >= 0.6 is 0 Å². The molecule has 3 nitrogen and oxygen atoms in total. The van der Waals surface area contributed by atoms with Crippen molar-refractivity contribution >= 4 is 11.7 Å². The molecule has 0 heterocycles. The maximum atomic E-state index is 11.8. The largest absolute Gasteiger partial charge is 0.333 e. The Bertz CT molecular complexity index is 444. The van der Waals surface area contributed by atoms with E-state index in [9.17, 15) is 4.79 Å². The standard InChI is InChI=1S/C14H18N2O/c1-5-11-9-7-8-10-12(11)15-13(17)16-14(3,4)6-2/h1,7-10H,6H2,2-4H3,(H2,15,16,17). The molecule has 2 N–H and O–H groups in total. The number of hydrogen-bond donors (Lipinski definition) is 2. The molecular formula is C14H18N2O. The predicted octanol–water partition coefficient (Wildman–Crippen LogP) is 2.98. The summed E-state index contributed by atoms with van der Waals surface area (Å²) in [7, 11) is 0. The molecule has 1 aromatic rings. The van der Waals surface area contributed by atoms with E-state index in [1.165, 1.54) is 0 Å². The molecule has 0 atom stereocenters. The number of hydrogen-bond acceptors (Lipinski definition) is 1. The highest BCUT2D eigenvalue weighted by atomic mass is 16.2. The second-order valence-corrected chi connectivity index (χ2v) is 4.51. The molecule has 0 saturated carbocycles. The summed E-state index contributed by atoms with van der Waals surface area (Å²) in [5.74, 6) is 2.54. The van der Waals surface area contributed by atoms with E-state index in [1.54, 1.807) is 12.1 Å². The number of benzene rings is 1. The van der Waals surface area contributed by atoms with E-state index >= 15 is 0 Å². The fraction of sp³-hybridized carbons (Fsp3) is 0.357. The Morgan fingerprint density at radius 1 is 1.41 bits per heavy atom. The van der Waals surface area contributed by atoms with Crippen molar-refractivity contribution in [3.05, 3.63) is 29.8 Å². The van der Waals surface area contributed by atoms with Gasteiger partial charge in [0, 0.05) is 11.1 Å². The highest BCUT2D eigenvalue weighted by Crippen LogP contribution is 2.14. The van der Waals surface area contributed by atoms with Gasteiger partial charge in [0.05, 0.1) is 5.69 Å². The van der Waals surface area contributed by atoms with Crippen molar-refractivity contribution in [2.45, 2.75) is 32.7 Å². The van der Waals surface area contributed by atoms with Gasteiger partial charge in [0.25, 0.3) is 0 Å². The maximum absolute atomic E-state index is 11.8. The van der Waals surface area contributed by atoms with Crippen LogP contribution in [0, 0.1) is 12.3 Å². The molecule has 0 aromatic heterocycles. The molecule has 0 radical (unpaired) electrons. The molecule has 3 heteroatoms. The Morgan fingerprint density at radius 2 is 2.06 bits per heavy atom. The number of amides is 2. The van der Waals surface area contributed by atoms with Crippen LogP contribution in [0.25, 0.3) is 0 Å². The van der Waals surface area contributed by atoms with Crippen LogP contribution < -0.4 is 10.6 Å². The Balaban J connectivity index is 2.73. The Kier molecular flexibility index (Phi) is 4.17. The highest BCUT2D eigenvalue weighted by Gasteiger charge is 2.17. The van der Waals surface area contributed by atoms with E-state index in [4.69, 9.17) is 6.42 Å². The summed E-state index contributed by atoms with van der Waals surface area (Å²) < 4.78 is 0. The summed E-state index contributed by atoms with van der Waals surface area (Å²) in [5.41, 5.74) is 1.10. The number of para-hydroxylation sites is 1. The molecule has 17 heavy (non-hydrogen) atoms. The summed E-state index contributed by atoms with van der Waals surface area (Å²) in [4.78, 5) is 11.8. The quantitative estimate of drug-likeness (QED) is 0.770. The zero-order valence-corrected chi connectivity index (χ0v) is 10.5. The lowest BCUT2D eigenvalue weighted by atomic mass is 10.0. The lowest BCUT2D eigenvalue weighted by Gasteiger charge is -2.24. The van der Waals surface area contributed by atoms with Crippen LogP contribution in [0.5, 0.6) is 0 Å². The van der Waals surface area contributed by atoms with Crippen molar-refractivity contribution in [2.24, 2.45) is 0 Å². The van der Waals surface area contributed by atoms with Gasteiger partial charge in [-0.3, -0.25) is 0 Å². The van der Waals surface area contributed by atoms with Crippen molar-refractivity contribution in [2.75, 3.05) is 5.32 Å². The topological polar surface area (TPSA) is 41.1 Å². The Hall–Kier alpha value is -1.95. The lowest BCUT2D eigenvalue weighted by molar-refractivity contribution is 0.240. The van der Waals surface area contributed by atoms with Crippen LogP contribution in [0.3, 0.4) is 0 Å². The molecule has 0 aliphatic heterocycles. The first-order chi connectivity index (χ1) is 7.98. The fourth-order valence-electron chi connectivity index (χ4n) is 1.27. The Morgan fingerprint density at radius 3 is 2.65 bits per heavy atom. The van der Waals surface area contributed by atoms with E-state index in [0.717, 1.165) is 6.42 Å². The van der Waals surface area contributed by atoms with Crippen molar-refractivity contribution in [1.29, 1.82) is 0 Å². The average molecular weight is 230 g/mol. The van der Waals surface area contributed by atoms with Gasteiger partial charge in [-0.15, -0.1) is 6.42 Å². The van der Waals surface area contributed by atoms with Crippen molar-refractivity contribution in [3.8, 4) is 12.3 Å². The van der Waals surface area contributed by atoms with Crippen LogP contribution in [0.1, 0.15) is 32.8 Å². The normalized spacial score (nSPS) is 10.5. The highest BCUT2D eigenvalue weighted by molar-refractivity contribution is 5.91. The van der Waals surface area contributed by atoms with Gasteiger partial charge in [0.15, 0.2) is 0 Å². The number of anilines is 1. The first kappa shape index (κ1) is 13.1. The number of carbonyl (C=O) groups excluding carboxylic acids is 1. The molecule has 0 unspecified atom stereocenters. The van der Waals surface area contributed by atoms with E-state index in [0.29, 0.717) is 11.3 Å². The summed E-state index contributed by atoms with van der Waals surface area (Å²) >= 11 is 0. The molecule has 0 fully saturated rings. The minimum Gasteiger partial charge on any atom is -0.333 e. The van der Waals surface area contributed by atoms with Crippen LogP contribution in [0.4, 0.5) is 10.5 Å². The van der Waals surface area contributed by atoms with Crippen molar-refractivity contribution in [3.63, 3.8) is 0 Å². The number of carbonyl (C=O) groups is 1. The third-order valence-electron chi connectivity index (χ3n) is 2.67. The van der Waals surface area contributed by atoms with Crippen LogP contribution in [-0.2, 0) is 0 Å². The predicted molar refractivity (Wildman–Crippen MR) is 70.9 cm³/mol. The first-order valence-corrected chi connectivity index (χ1v) is 5.63. The average Bonchev–Trinajstić information content (AvgIpc) is 2.29. The van der Waals surface area contributed by atoms with E-state index < -0.39 is 0 Å². The summed E-state index contributed by atoms with van der Waals surface area (Å²) in [6.07, 6.45) is 6.22. The molecule has 1 rings (SSSR count). The zero-order chi connectivity index (χ0) is 12.9. The zero-order valence-electron chi connectivity index (χ0n) is 10.5. The van der Waals surface area contributed by atoms with Gasteiger partial charge in [-0.05, 0) is 32.4 Å². The molecule has 0 aliphatic carbocycles. The van der Waals surface area contributed by atoms with Gasteiger partial charge in [-0.2, -0.15) is 0 Å². The smallest absolute Gasteiger partial charge is 0.319 e. The van der Waals surface area contributed by atoms with Crippen molar-refractivity contribution < 1.29 is 4.79 Å². The van der Waals surface area contributed by atoms with Gasteiger partial charge in [0.2, 0.25) is 0 Å². The second-order valence-electron chi connectivity index (χ2n) is 4.51. The van der Waals surface area contributed by atoms with Crippen molar-refractivity contribution in [1.82, 2.24) is 5.32 Å². The van der Waals surface area contributed by atoms with Gasteiger partial charge in [0.1, 0.15) is 0 Å². The molecule has 1 aromatic carbocycles. The third kappa shape index (κ3) is 3.84. The maximum Gasteiger partial charge on any atom is 0.319 e. The van der Waals surface area contributed by atoms with E-state index in [2.05, 4.69) is 16.6 Å². The molecule has 90 valence electrons. The lowest BCUT2D eigenvalue weighted by Crippen LogP contribution is -2.45. The van der Waals surface area contributed by atoms with Crippen LogP contribution in [-0.4, -0.2) is 11.6 Å². The van der Waals surface area contributed by atoms with Gasteiger partial charge < -0.3 is 10.6 Å². The number of terminal acetylenes is 1. The Labute approximate surface area is 103 Å².